The highest BCUT2D eigenvalue weighted by molar-refractivity contribution is 7.89. The van der Waals surface area contributed by atoms with E-state index in [0.717, 1.165) is 11.1 Å². The molecule has 7 heteroatoms. The van der Waals surface area contributed by atoms with E-state index in [9.17, 15) is 8.42 Å². The monoisotopic (exact) mass is 511 g/mol. The fraction of sp³-hybridized carbons (Fsp3) is 0.310. The van der Waals surface area contributed by atoms with Crippen molar-refractivity contribution in [2.24, 2.45) is 0 Å². The Morgan fingerprint density at radius 2 is 1.64 bits per heavy atom. The Kier molecular flexibility index (Phi) is 9.43. The van der Waals surface area contributed by atoms with Crippen LogP contribution in [-0.4, -0.2) is 38.7 Å². The fourth-order valence-electron chi connectivity index (χ4n) is 4.38. The van der Waals surface area contributed by atoms with Gasteiger partial charge in [-0.1, -0.05) is 73.7 Å². The Balaban J connectivity index is 1.95. The quantitative estimate of drug-likeness (QED) is 0.276. The third-order valence-corrected chi connectivity index (χ3v) is 8.88. The average Bonchev–Trinajstić information content (AvgIpc) is 2.88. The Hall–Kier alpha value is -3.00. The van der Waals surface area contributed by atoms with Gasteiger partial charge in [0.25, 0.3) is 0 Å². The van der Waals surface area contributed by atoms with Crippen LogP contribution in [0.15, 0.2) is 91.5 Å². The molecule has 0 bridgehead atoms. The van der Waals surface area contributed by atoms with Crippen molar-refractivity contribution >= 4 is 10.0 Å². The van der Waals surface area contributed by atoms with Crippen molar-refractivity contribution in [1.29, 1.82) is 0 Å². The Morgan fingerprint density at radius 3 is 2.25 bits per heavy atom. The smallest absolute Gasteiger partial charge is 0.218 e. The van der Waals surface area contributed by atoms with Gasteiger partial charge < -0.3 is 9.47 Å². The first-order valence-electron chi connectivity index (χ1n) is 11.8. The van der Waals surface area contributed by atoms with Crippen molar-refractivity contribution in [3.05, 3.63) is 114 Å². The van der Waals surface area contributed by atoms with Crippen LogP contribution in [0.4, 0.5) is 4.39 Å². The summed E-state index contributed by atoms with van der Waals surface area (Å²) in [4.78, 5) is 0. The lowest BCUT2D eigenvalue weighted by Crippen LogP contribution is -2.50. The van der Waals surface area contributed by atoms with Crippen LogP contribution < -0.4 is 4.74 Å². The molecule has 0 fully saturated rings. The van der Waals surface area contributed by atoms with Gasteiger partial charge in [0.05, 0.1) is 25.6 Å². The molecule has 0 aliphatic heterocycles. The molecular formula is C29H34FNO4S. The lowest BCUT2D eigenvalue weighted by molar-refractivity contribution is 0.0725. The minimum Gasteiger partial charge on any atom is -0.497 e. The van der Waals surface area contributed by atoms with E-state index in [1.165, 1.54) is 10.4 Å². The third-order valence-electron chi connectivity index (χ3n) is 6.45. The van der Waals surface area contributed by atoms with E-state index in [1.807, 2.05) is 42.5 Å². The maximum Gasteiger partial charge on any atom is 0.218 e. The van der Waals surface area contributed by atoms with Crippen molar-refractivity contribution < 1.29 is 22.3 Å². The molecule has 0 N–H and O–H groups in total. The number of benzene rings is 3. The lowest BCUT2D eigenvalue weighted by Gasteiger charge is -2.39. The number of nitrogens with zero attached hydrogens (tertiary/aromatic N) is 1. The van der Waals surface area contributed by atoms with E-state index in [-0.39, 0.29) is 26.2 Å². The minimum atomic E-state index is -3.91. The number of methoxy groups -OCH3 is 1. The summed E-state index contributed by atoms with van der Waals surface area (Å²) in [5.74, 6) is 0.224. The number of rotatable bonds is 13. The van der Waals surface area contributed by atoms with Gasteiger partial charge in [0.2, 0.25) is 10.0 Å². The number of halogens is 1. The van der Waals surface area contributed by atoms with Gasteiger partial charge in [-0.25, -0.2) is 17.1 Å². The molecular weight excluding hydrogens is 477 g/mol. The maximum atomic E-state index is 15.1. The second kappa shape index (κ2) is 12.3. The standard InChI is InChI=1S/C29H34FNO4S/c1-5-11-28(36(32,33)31(3)20-23-16-18-25(34-4)19-17-23)29(2,26-14-9-10-15-27(26)30)22-35-21-24-12-7-6-8-13-24/h5-10,12-19,28H,1,11,20-22H2,2-4H3. The van der Waals surface area contributed by atoms with E-state index >= 15 is 4.39 Å². The third kappa shape index (κ3) is 6.40. The molecule has 0 aliphatic carbocycles. The normalized spacial score (nSPS) is 14.2. The molecule has 5 nitrogen and oxygen atoms in total. The molecule has 0 heterocycles. The van der Waals surface area contributed by atoms with E-state index in [1.54, 1.807) is 57.5 Å². The summed E-state index contributed by atoms with van der Waals surface area (Å²) in [6, 6.07) is 23.1. The van der Waals surface area contributed by atoms with Crippen LogP contribution in [0.3, 0.4) is 0 Å². The van der Waals surface area contributed by atoms with Crippen LogP contribution in [0.2, 0.25) is 0 Å². The first-order valence-corrected chi connectivity index (χ1v) is 13.3. The van der Waals surface area contributed by atoms with Crippen molar-refractivity contribution in [2.45, 2.75) is 37.2 Å². The van der Waals surface area contributed by atoms with E-state index in [4.69, 9.17) is 9.47 Å². The van der Waals surface area contributed by atoms with Gasteiger partial charge in [0, 0.05) is 19.0 Å². The van der Waals surface area contributed by atoms with Crippen LogP contribution >= 0.6 is 0 Å². The molecule has 0 aliphatic rings. The van der Waals surface area contributed by atoms with Crippen LogP contribution in [0.5, 0.6) is 5.75 Å². The van der Waals surface area contributed by atoms with E-state index in [0.29, 0.717) is 11.3 Å². The number of hydrogen-bond donors (Lipinski definition) is 0. The molecule has 3 aromatic carbocycles. The van der Waals surface area contributed by atoms with Gasteiger partial charge in [-0.2, -0.15) is 0 Å². The van der Waals surface area contributed by atoms with Crippen molar-refractivity contribution in [1.82, 2.24) is 4.31 Å². The SMILES string of the molecule is C=CCC(C(C)(COCc1ccccc1)c1ccccc1F)S(=O)(=O)N(C)Cc1ccc(OC)cc1. The largest absolute Gasteiger partial charge is 0.497 e. The molecule has 0 radical (unpaired) electrons. The summed E-state index contributed by atoms with van der Waals surface area (Å²) in [6.45, 7) is 6.02. The highest BCUT2D eigenvalue weighted by Crippen LogP contribution is 2.37. The predicted molar refractivity (Wildman–Crippen MR) is 142 cm³/mol. The van der Waals surface area contributed by atoms with Gasteiger partial charge in [-0.15, -0.1) is 6.58 Å². The summed E-state index contributed by atoms with van der Waals surface area (Å²) in [6.07, 6.45) is 1.70. The summed E-state index contributed by atoms with van der Waals surface area (Å²) >= 11 is 0. The Morgan fingerprint density at radius 1 is 1.00 bits per heavy atom. The number of allylic oxidation sites excluding steroid dienone is 1. The van der Waals surface area contributed by atoms with Crippen LogP contribution in [0.1, 0.15) is 30.0 Å². The topological polar surface area (TPSA) is 55.8 Å². The molecule has 2 atom stereocenters. The zero-order valence-electron chi connectivity index (χ0n) is 21.1. The second-order valence-electron chi connectivity index (χ2n) is 9.04. The molecule has 0 amide bonds. The maximum absolute atomic E-state index is 15.1. The number of sulfonamides is 1. The summed E-state index contributed by atoms with van der Waals surface area (Å²) < 4.78 is 55.7. The molecule has 2 unspecified atom stereocenters. The summed E-state index contributed by atoms with van der Waals surface area (Å²) in [7, 11) is -0.788. The molecule has 0 aromatic heterocycles. The fourth-order valence-corrected chi connectivity index (χ4v) is 6.38. The molecule has 36 heavy (non-hydrogen) atoms. The zero-order valence-corrected chi connectivity index (χ0v) is 21.9. The second-order valence-corrected chi connectivity index (χ2v) is 11.3. The average molecular weight is 512 g/mol. The molecule has 0 spiro atoms. The summed E-state index contributed by atoms with van der Waals surface area (Å²) in [5.41, 5.74) is 0.882. The van der Waals surface area contributed by atoms with Crippen molar-refractivity contribution in [3.8, 4) is 5.75 Å². The predicted octanol–water partition coefficient (Wildman–Crippen LogP) is 5.72. The van der Waals surface area contributed by atoms with Gasteiger partial charge in [0.1, 0.15) is 11.6 Å². The summed E-state index contributed by atoms with van der Waals surface area (Å²) in [5, 5.41) is -1.00. The zero-order chi connectivity index (χ0) is 26.2. The van der Waals surface area contributed by atoms with Gasteiger partial charge >= 0.3 is 0 Å². The van der Waals surface area contributed by atoms with Crippen LogP contribution in [-0.2, 0) is 33.3 Å². The lowest BCUT2D eigenvalue weighted by atomic mass is 9.78. The van der Waals surface area contributed by atoms with Crippen LogP contribution in [0, 0.1) is 5.82 Å². The number of ether oxygens (including phenoxy) is 2. The van der Waals surface area contributed by atoms with Crippen molar-refractivity contribution in [2.75, 3.05) is 20.8 Å². The first-order chi connectivity index (χ1) is 17.2. The number of hydrogen-bond acceptors (Lipinski definition) is 4. The molecule has 192 valence electrons. The Bertz CT molecular complexity index is 1230. The highest BCUT2D eigenvalue weighted by atomic mass is 32.2. The molecule has 0 saturated heterocycles. The van der Waals surface area contributed by atoms with Gasteiger partial charge in [0.15, 0.2) is 0 Å². The first kappa shape index (κ1) is 27.6. The molecule has 3 aromatic rings. The highest BCUT2D eigenvalue weighted by Gasteiger charge is 2.46. The molecule has 3 rings (SSSR count). The van der Waals surface area contributed by atoms with Gasteiger partial charge in [-0.05, 0) is 41.3 Å². The van der Waals surface area contributed by atoms with Crippen molar-refractivity contribution in [3.63, 3.8) is 0 Å². The Labute approximate surface area is 214 Å². The molecule has 0 saturated carbocycles. The van der Waals surface area contributed by atoms with Gasteiger partial charge in [-0.3, -0.25) is 0 Å². The van der Waals surface area contributed by atoms with E-state index in [2.05, 4.69) is 6.58 Å². The van der Waals surface area contributed by atoms with Crippen LogP contribution in [0.25, 0.3) is 0 Å². The van der Waals surface area contributed by atoms with E-state index < -0.39 is 26.5 Å². The minimum absolute atomic E-state index is 0.0109.